The molecule has 5 nitrogen and oxygen atoms in total. The fourth-order valence-electron chi connectivity index (χ4n) is 5.33. The van der Waals surface area contributed by atoms with Gasteiger partial charge in [0.25, 0.3) is 5.91 Å². The second-order valence-corrected chi connectivity index (χ2v) is 9.70. The van der Waals surface area contributed by atoms with Crippen molar-refractivity contribution in [2.45, 2.75) is 63.1 Å². The van der Waals surface area contributed by atoms with E-state index in [-0.39, 0.29) is 43.7 Å². The number of anilines is 1. The van der Waals surface area contributed by atoms with Crippen molar-refractivity contribution in [2.24, 2.45) is 5.92 Å². The number of nitrogen functional groups attached to an aromatic ring is 1. The molecule has 194 valence electrons. The molecule has 4 rings (SSSR count). The number of hydrogen-bond donors (Lipinski definition) is 3. The summed E-state index contributed by atoms with van der Waals surface area (Å²) < 4.78 is 28.0. The van der Waals surface area contributed by atoms with Crippen LogP contribution in [0.3, 0.4) is 0 Å². The van der Waals surface area contributed by atoms with E-state index < -0.39 is 29.8 Å². The molecule has 9 heteroatoms. The number of halogens is 4. The second kappa shape index (κ2) is 11.9. The third-order valence-electron chi connectivity index (χ3n) is 7.04. The number of carbonyl (C=O) groups is 1. The molecule has 35 heavy (non-hydrogen) atoms. The molecule has 2 aliphatic rings. The number of amides is 1. The van der Waals surface area contributed by atoms with Gasteiger partial charge in [-0.15, -0.1) is 24.8 Å². The monoisotopic (exact) mass is 529 g/mol. The van der Waals surface area contributed by atoms with Crippen LogP contribution in [-0.2, 0) is 16.9 Å². The molecule has 2 atom stereocenters. The van der Waals surface area contributed by atoms with Crippen molar-refractivity contribution in [1.29, 1.82) is 0 Å². The summed E-state index contributed by atoms with van der Waals surface area (Å²) in [5.74, 6) is -4.24. The third-order valence-corrected chi connectivity index (χ3v) is 7.04. The molecular formula is C26H35Cl2F2N3O2. The maximum Gasteiger partial charge on any atom is 0.257 e. The van der Waals surface area contributed by atoms with Gasteiger partial charge >= 0.3 is 0 Å². The van der Waals surface area contributed by atoms with Crippen LogP contribution in [0, 0.1) is 12.8 Å². The quantitative estimate of drug-likeness (QED) is 0.468. The van der Waals surface area contributed by atoms with E-state index in [4.69, 9.17) is 5.73 Å². The summed E-state index contributed by atoms with van der Waals surface area (Å²) in [6.07, 6.45) is 0.799. The van der Waals surface area contributed by atoms with Gasteiger partial charge in [0.2, 0.25) is 5.92 Å². The van der Waals surface area contributed by atoms with Crippen molar-refractivity contribution in [3.63, 3.8) is 0 Å². The second-order valence-electron chi connectivity index (χ2n) is 9.70. The minimum Gasteiger partial charge on any atom is -0.399 e. The summed E-state index contributed by atoms with van der Waals surface area (Å²) in [4.78, 5) is 15.7. The molecule has 1 aliphatic carbocycles. The van der Waals surface area contributed by atoms with E-state index in [2.05, 4.69) is 16.3 Å². The van der Waals surface area contributed by atoms with Gasteiger partial charge in [0.05, 0.1) is 0 Å². The summed E-state index contributed by atoms with van der Waals surface area (Å²) in [5, 5.41) is 14.5. The molecule has 2 aromatic carbocycles. The van der Waals surface area contributed by atoms with Gasteiger partial charge in [-0.25, -0.2) is 8.78 Å². The minimum atomic E-state index is -2.85. The van der Waals surface area contributed by atoms with E-state index in [0.717, 1.165) is 49.3 Å². The first-order chi connectivity index (χ1) is 15.7. The smallest absolute Gasteiger partial charge is 0.257 e. The third kappa shape index (κ3) is 6.85. The maximum absolute atomic E-state index is 14.0. The number of rotatable bonds is 6. The predicted molar refractivity (Wildman–Crippen MR) is 139 cm³/mol. The Hall–Kier alpha value is -1.93. The molecule has 0 aromatic heterocycles. The summed E-state index contributed by atoms with van der Waals surface area (Å²) >= 11 is 0. The van der Waals surface area contributed by atoms with Crippen molar-refractivity contribution in [3.8, 4) is 0 Å². The highest BCUT2D eigenvalue weighted by Crippen LogP contribution is 2.47. The number of alkyl halides is 2. The summed E-state index contributed by atoms with van der Waals surface area (Å²) in [5.41, 5.74) is 7.42. The van der Waals surface area contributed by atoms with Gasteiger partial charge < -0.3 is 16.2 Å². The minimum absolute atomic E-state index is 0. The standard InChI is InChI=1S/C26H33F2N3O2.2ClH/c1-18-13-19(15-22(29)14-18)17-31-11-8-23(9-12-31)30-24(32)26(33,20-5-3-2-4-6-20)21-7-10-25(27,28)16-21;;/h2-6,13-15,21,23,33H,7-12,16-17,29H2,1H3,(H,30,32);2*1H/t21-,26+;;/m1../s1. The number of likely N-dealkylation sites (tertiary alicyclic amines) is 1. The zero-order chi connectivity index (χ0) is 23.6. The van der Waals surface area contributed by atoms with Crippen LogP contribution in [0.5, 0.6) is 0 Å². The van der Waals surface area contributed by atoms with Gasteiger partial charge in [0.1, 0.15) is 0 Å². The molecule has 0 spiro atoms. The SMILES string of the molecule is Cc1cc(N)cc(CN2CCC(NC(=O)[C@](O)(c3ccccc3)[C@@H]3CCC(F)(F)C3)CC2)c1.Cl.Cl. The number of aryl methyl sites for hydroxylation is 1. The van der Waals surface area contributed by atoms with Crippen molar-refractivity contribution in [2.75, 3.05) is 18.8 Å². The molecule has 1 saturated heterocycles. The Morgan fingerprint density at radius 3 is 2.37 bits per heavy atom. The Labute approximate surface area is 218 Å². The number of aliphatic hydroxyl groups is 1. The number of hydrogen-bond acceptors (Lipinski definition) is 4. The number of piperidine rings is 1. The Kier molecular flexibility index (Phi) is 9.94. The molecule has 0 radical (unpaired) electrons. The molecule has 2 fully saturated rings. The zero-order valence-electron chi connectivity index (χ0n) is 19.9. The summed E-state index contributed by atoms with van der Waals surface area (Å²) in [6, 6.07) is 14.5. The van der Waals surface area contributed by atoms with Gasteiger partial charge in [-0.05, 0) is 55.0 Å². The fraction of sp³-hybridized carbons (Fsp3) is 0.500. The van der Waals surface area contributed by atoms with Gasteiger partial charge in [0.15, 0.2) is 5.60 Å². The van der Waals surface area contributed by atoms with Crippen LogP contribution in [0.15, 0.2) is 48.5 Å². The lowest BCUT2D eigenvalue weighted by molar-refractivity contribution is -0.149. The number of nitrogens with two attached hydrogens (primary N) is 1. The normalized spacial score (nSPS) is 21.9. The number of nitrogens with one attached hydrogen (secondary N) is 1. The van der Waals surface area contributed by atoms with E-state index in [1.807, 2.05) is 19.1 Å². The highest BCUT2D eigenvalue weighted by Gasteiger charge is 2.53. The molecule has 1 amide bonds. The van der Waals surface area contributed by atoms with Crippen LogP contribution in [0.2, 0.25) is 0 Å². The predicted octanol–water partition coefficient (Wildman–Crippen LogP) is 4.82. The number of carbonyl (C=O) groups excluding carboxylic acids is 1. The summed E-state index contributed by atoms with van der Waals surface area (Å²) in [7, 11) is 0. The first-order valence-electron chi connectivity index (χ1n) is 11.7. The molecule has 0 unspecified atom stereocenters. The Morgan fingerprint density at radius 1 is 1.14 bits per heavy atom. The molecule has 2 aromatic rings. The molecule has 4 N–H and O–H groups in total. The van der Waals surface area contributed by atoms with Crippen LogP contribution < -0.4 is 11.1 Å². The van der Waals surface area contributed by atoms with Crippen LogP contribution in [0.4, 0.5) is 14.5 Å². The Balaban J connectivity index is 0.00000216. The van der Waals surface area contributed by atoms with Gasteiger partial charge in [-0.1, -0.05) is 36.4 Å². The lowest BCUT2D eigenvalue weighted by atomic mass is 9.79. The van der Waals surface area contributed by atoms with Crippen molar-refractivity contribution >= 4 is 36.4 Å². The largest absolute Gasteiger partial charge is 0.399 e. The number of benzene rings is 2. The average molecular weight is 530 g/mol. The van der Waals surface area contributed by atoms with Crippen LogP contribution in [0.1, 0.15) is 48.8 Å². The average Bonchev–Trinajstić information content (AvgIpc) is 3.14. The Morgan fingerprint density at radius 2 is 1.80 bits per heavy atom. The van der Waals surface area contributed by atoms with Crippen molar-refractivity contribution < 1.29 is 18.7 Å². The molecule has 1 saturated carbocycles. The van der Waals surface area contributed by atoms with Gasteiger partial charge in [-0.3, -0.25) is 9.69 Å². The summed E-state index contributed by atoms with van der Waals surface area (Å²) in [6.45, 7) is 4.40. The van der Waals surface area contributed by atoms with Crippen LogP contribution in [-0.4, -0.2) is 41.0 Å². The van der Waals surface area contributed by atoms with Crippen LogP contribution in [0.25, 0.3) is 0 Å². The lowest BCUT2D eigenvalue weighted by Crippen LogP contribution is -2.54. The van der Waals surface area contributed by atoms with E-state index in [0.29, 0.717) is 5.56 Å². The molecule has 0 bridgehead atoms. The van der Waals surface area contributed by atoms with Crippen molar-refractivity contribution in [1.82, 2.24) is 10.2 Å². The van der Waals surface area contributed by atoms with E-state index in [1.54, 1.807) is 30.3 Å². The van der Waals surface area contributed by atoms with Gasteiger partial charge in [-0.2, -0.15) is 0 Å². The van der Waals surface area contributed by atoms with Crippen molar-refractivity contribution in [3.05, 3.63) is 65.2 Å². The molecule has 1 aliphatic heterocycles. The fourth-order valence-corrected chi connectivity index (χ4v) is 5.33. The van der Waals surface area contributed by atoms with Gasteiger partial charge in [0, 0.05) is 50.1 Å². The topological polar surface area (TPSA) is 78.6 Å². The highest BCUT2D eigenvalue weighted by molar-refractivity contribution is 5.87. The lowest BCUT2D eigenvalue weighted by Gasteiger charge is -2.37. The highest BCUT2D eigenvalue weighted by atomic mass is 35.5. The Bertz CT molecular complexity index is 968. The maximum atomic E-state index is 14.0. The first-order valence-corrected chi connectivity index (χ1v) is 11.7. The zero-order valence-corrected chi connectivity index (χ0v) is 21.5. The molecule has 1 heterocycles. The first kappa shape index (κ1) is 29.3. The van der Waals surface area contributed by atoms with E-state index in [9.17, 15) is 18.7 Å². The van der Waals surface area contributed by atoms with Crippen LogP contribution >= 0.6 is 24.8 Å². The van der Waals surface area contributed by atoms with E-state index in [1.165, 1.54) is 0 Å². The van der Waals surface area contributed by atoms with E-state index >= 15 is 0 Å². The molecular weight excluding hydrogens is 495 g/mol. The number of nitrogens with zero attached hydrogens (tertiary/aromatic N) is 1.